The molecule has 1 fully saturated rings. The molecule has 2 atom stereocenters. The zero-order valence-corrected chi connectivity index (χ0v) is 10.3. The van der Waals surface area contributed by atoms with E-state index in [2.05, 4.69) is 31.3 Å². The quantitative estimate of drug-likeness (QED) is 0.522. The molecular formula is C13H26N2. The van der Waals surface area contributed by atoms with Crippen LogP contribution in [0.3, 0.4) is 0 Å². The number of allylic oxidation sites excluding steroid dienone is 1. The summed E-state index contributed by atoms with van der Waals surface area (Å²) >= 11 is 0. The van der Waals surface area contributed by atoms with E-state index in [1.807, 2.05) is 0 Å². The summed E-state index contributed by atoms with van der Waals surface area (Å²) in [6, 6.07) is 0. The summed E-state index contributed by atoms with van der Waals surface area (Å²) in [5, 5.41) is 3.70. The second-order valence-electron chi connectivity index (χ2n) is 4.64. The zero-order chi connectivity index (χ0) is 11.1. The highest BCUT2D eigenvalue weighted by molar-refractivity contribution is 5.00. The first-order valence-corrected chi connectivity index (χ1v) is 6.35. The van der Waals surface area contributed by atoms with E-state index < -0.39 is 0 Å². The lowest BCUT2D eigenvalue weighted by Gasteiger charge is -2.35. The Bertz CT molecular complexity index is 201. The van der Waals surface area contributed by atoms with Crippen LogP contribution in [-0.2, 0) is 0 Å². The largest absolute Gasteiger partial charge is 0.329 e. The average Bonchev–Trinajstić information content (AvgIpc) is 2.68. The molecule has 0 amide bonds. The lowest BCUT2D eigenvalue weighted by Crippen LogP contribution is -2.54. The zero-order valence-electron chi connectivity index (χ0n) is 10.3. The van der Waals surface area contributed by atoms with E-state index in [9.17, 15) is 0 Å². The Morgan fingerprint density at radius 3 is 2.93 bits per heavy atom. The van der Waals surface area contributed by atoms with Gasteiger partial charge in [0.05, 0.1) is 0 Å². The molecule has 0 heterocycles. The van der Waals surface area contributed by atoms with Crippen LogP contribution in [0.5, 0.6) is 0 Å². The fourth-order valence-electron chi connectivity index (χ4n) is 2.88. The fraction of sp³-hybridized carbons (Fsp3) is 0.846. The molecule has 1 saturated carbocycles. The minimum atomic E-state index is 0.246. The molecule has 2 nitrogen and oxygen atoms in total. The summed E-state index contributed by atoms with van der Waals surface area (Å²) in [6.45, 7) is 6.22. The van der Waals surface area contributed by atoms with E-state index in [0.29, 0.717) is 0 Å². The molecule has 1 aliphatic rings. The van der Waals surface area contributed by atoms with Crippen LogP contribution in [0.15, 0.2) is 12.2 Å². The van der Waals surface area contributed by atoms with Crippen molar-refractivity contribution in [2.24, 2.45) is 11.7 Å². The van der Waals surface area contributed by atoms with Gasteiger partial charge in [-0.3, -0.25) is 0 Å². The number of hydrogen-bond acceptors (Lipinski definition) is 2. The van der Waals surface area contributed by atoms with Gasteiger partial charge in [-0.25, -0.2) is 0 Å². The Hall–Kier alpha value is -0.340. The molecule has 0 aromatic rings. The number of nitrogens with two attached hydrogens (primary N) is 1. The summed E-state index contributed by atoms with van der Waals surface area (Å²) in [5.74, 6) is 0.785. The SMILES string of the molecule is C/C=C/CCNC1(CN)CCCC1CC. The Balaban J connectivity index is 2.44. The maximum Gasteiger partial charge on any atom is 0.0332 e. The molecule has 0 radical (unpaired) electrons. The summed E-state index contributed by atoms with van der Waals surface area (Å²) in [5.41, 5.74) is 6.22. The van der Waals surface area contributed by atoms with Crippen LogP contribution >= 0.6 is 0 Å². The van der Waals surface area contributed by atoms with Crippen molar-refractivity contribution in [1.29, 1.82) is 0 Å². The van der Waals surface area contributed by atoms with Crippen LogP contribution in [0.2, 0.25) is 0 Å². The van der Waals surface area contributed by atoms with Gasteiger partial charge in [0.2, 0.25) is 0 Å². The number of nitrogens with one attached hydrogen (secondary N) is 1. The lowest BCUT2D eigenvalue weighted by molar-refractivity contribution is 0.247. The molecule has 2 unspecified atom stereocenters. The molecule has 0 aliphatic heterocycles. The van der Waals surface area contributed by atoms with E-state index >= 15 is 0 Å². The van der Waals surface area contributed by atoms with E-state index in [-0.39, 0.29) is 5.54 Å². The van der Waals surface area contributed by atoms with Crippen LogP contribution in [0.25, 0.3) is 0 Å². The van der Waals surface area contributed by atoms with Gasteiger partial charge in [0, 0.05) is 12.1 Å². The van der Waals surface area contributed by atoms with Crippen LogP contribution < -0.4 is 11.1 Å². The molecule has 88 valence electrons. The van der Waals surface area contributed by atoms with Crippen molar-refractivity contribution in [3.8, 4) is 0 Å². The van der Waals surface area contributed by atoms with Gasteiger partial charge in [-0.1, -0.05) is 31.9 Å². The van der Waals surface area contributed by atoms with Crippen LogP contribution in [-0.4, -0.2) is 18.6 Å². The molecule has 0 spiro atoms. The van der Waals surface area contributed by atoms with Gasteiger partial charge in [0.25, 0.3) is 0 Å². The van der Waals surface area contributed by atoms with Crippen LogP contribution in [0, 0.1) is 5.92 Å². The van der Waals surface area contributed by atoms with Gasteiger partial charge in [-0.15, -0.1) is 0 Å². The van der Waals surface area contributed by atoms with E-state index in [1.165, 1.54) is 25.7 Å². The molecule has 15 heavy (non-hydrogen) atoms. The highest BCUT2D eigenvalue weighted by Gasteiger charge is 2.39. The highest BCUT2D eigenvalue weighted by Crippen LogP contribution is 2.37. The molecule has 0 aromatic heterocycles. The van der Waals surface area contributed by atoms with Gasteiger partial charge in [0.15, 0.2) is 0 Å². The Labute approximate surface area is 94.3 Å². The topological polar surface area (TPSA) is 38.0 Å². The third-order valence-corrected chi connectivity index (χ3v) is 3.84. The first kappa shape index (κ1) is 12.7. The monoisotopic (exact) mass is 210 g/mol. The van der Waals surface area contributed by atoms with Gasteiger partial charge in [0.1, 0.15) is 0 Å². The standard InChI is InChI=1S/C13H26N2/c1-3-5-6-10-15-13(11-14)9-7-8-12(13)4-2/h3,5,12,15H,4,6-11,14H2,1-2H3/b5-3+. The second kappa shape index (κ2) is 6.29. The van der Waals surface area contributed by atoms with E-state index in [1.54, 1.807) is 0 Å². The van der Waals surface area contributed by atoms with Gasteiger partial charge >= 0.3 is 0 Å². The van der Waals surface area contributed by atoms with Gasteiger partial charge in [-0.2, -0.15) is 0 Å². The third kappa shape index (κ3) is 3.05. The van der Waals surface area contributed by atoms with Crippen molar-refractivity contribution >= 4 is 0 Å². The van der Waals surface area contributed by atoms with Crippen molar-refractivity contribution in [3.05, 3.63) is 12.2 Å². The van der Waals surface area contributed by atoms with Gasteiger partial charge < -0.3 is 11.1 Å². The number of rotatable bonds is 6. The van der Waals surface area contributed by atoms with Crippen molar-refractivity contribution < 1.29 is 0 Å². The summed E-state index contributed by atoms with van der Waals surface area (Å²) < 4.78 is 0. The Morgan fingerprint density at radius 2 is 2.33 bits per heavy atom. The lowest BCUT2D eigenvalue weighted by atomic mass is 9.85. The normalized spacial score (nSPS) is 31.5. The fourth-order valence-corrected chi connectivity index (χ4v) is 2.88. The molecule has 0 bridgehead atoms. The molecule has 0 aromatic carbocycles. The Morgan fingerprint density at radius 1 is 1.53 bits per heavy atom. The maximum atomic E-state index is 5.97. The molecule has 1 rings (SSSR count). The van der Waals surface area contributed by atoms with E-state index in [4.69, 9.17) is 5.73 Å². The van der Waals surface area contributed by atoms with Gasteiger partial charge in [-0.05, 0) is 38.6 Å². The summed E-state index contributed by atoms with van der Waals surface area (Å²) in [6.07, 6.45) is 10.7. The van der Waals surface area contributed by atoms with Crippen molar-refractivity contribution in [1.82, 2.24) is 5.32 Å². The van der Waals surface area contributed by atoms with Crippen molar-refractivity contribution in [2.75, 3.05) is 13.1 Å². The molecule has 0 saturated heterocycles. The first-order chi connectivity index (χ1) is 7.29. The second-order valence-corrected chi connectivity index (χ2v) is 4.64. The van der Waals surface area contributed by atoms with Crippen molar-refractivity contribution in [3.63, 3.8) is 0 Å². The predicted octanol–water partition coefficient (Wildman–Crippen LogP) is 2.45. The summed E-state index contributed by atoms with van der Waals surface area (Å²) in [7, 11) is 0. The minimum Gasteiger partial charge on any atom is -0.329 e. The molecule has 1 aliphatic carbocycles. The predicted molar refractivity (Wildman–Crippen MR) is 66.9 cm³/mol. The highest BCUT2D eigenvalue weighted by atomic mass is 15.0. The Kier molecular flexibility index (Phi) is 5.34. The van der Waals surface area contributed by atoms with E-state index in [0.717, 1.165) is 25.4 Å². The molecular weight excluding hydrogens is 184 g/mol. The smallest absolute Gasteiger partial charge is 0.0332 e. The number of hydrogen-bond donors (Lipinski definition) is 2. The molecule has 2 heteroatoms. The van der Waals surface area contributed by atoms with Crippen LogP contribution in [0.1, 0.15) is 46.0 Å². The van der Waals surface area contributed by atoms with Crippen molar-refractivity contribution in [2.45, 2.75) is 51.5 Å². The third-order valence-electron chi connectivity index (χ3n) is 3.84. The maximum absolute atomic E-state index is 5.97. The molecule has 3 N–H and O–H groups in total. The average molecular weight is 210 g/mol. The first-order valence-electron chi connectivity index (χ1n) is 6.35. The summed E-state index contributed by atoms with van der Waals surface area (Å²) in [4.78, 5) is 0. The minimum absolute atomic E-state index is 0.246. The van der Waals surface area contributed by atoms with Crippen LogP contribution in [0.4, 0.5) is 0 Å².